The van der Waals surface area contributed by atoms with Crippen LogP contribution in [0.4, 0.5) is 0 Å². The minimum atomic E-state index is -3.52. The molecule has 3 rings (SSSR count). The normalized spacial score (nSPS) is 17.0. The van der Waals surface area contributed by atoms with E-state index in [-0.39, 0.29) is 28.2 Å². The van der Waals surface area contributed by atoms with Gasteiger partial charge in [-0.25, -0.2) is 8.42 Å². The third-order valence-corrected chi connectivity index (χ3v) is 7.41. The second-order valence-corrected chi connectivity index (χ2v) is 10.1. The summed E-state index contributed by atoms with van der Waals surface area (Å²) in [7, 11) is -3.52. The zero-order valence-corrected chi connectivity index (χ0v) is 18.8. The Labute approximate surface area is 189 Å². The molecule has 2 N–H and O–H groups in total. The number of rotatable bonds is 7. The van der Waals surface area contributed by atoms with Gasteiger partial charge in [-0.3, -0.25) is 4.79 Å². The number of nitrogens with zero attached hydrogens (tertiary/aromatic N) is 2. The molecule has 0 aromatic heterocycles. The minimum Gasteiger partial charge on any atom is -0.339 e. The standard InChI is InChI=1S/C24H26N4O3S/c1-2-32(30,31)23-14-19(10-11-20(23)15-25)18-8-6-17(7-9-18)13-21(16-26)28-24(29)22-5-3-4-12-27-22/h6-11,14,21-22,27H,2-5,12-13H2,1H3,(H,28,29)/t21-,22-/m0/s1. The van der Waals surface area contributed by atoms with Crippen molar-refractivity contribution in [3.63, 3.8) is 0 Å². The molecule has 1 amide bonds. The molecule has 0 aliphatic carbocycles. The molecular formula is C24H26N4O3S. The number of carbonyl (C=O) groups is 1. The van der Waals surface area contributed by atoms with Gasteiger partial charge in [0.05, 0.1) is 28.3 Å². The first-order chi connectivity index (χ1) is 15.4. The number of nitriles is 2. The van der Waals surface area contributed by atoms with Crippen LogP contribution in [0.2, 0.25) is 0 Å². The molecule has 0 radical (unpaired) electrons. The van der Waals surface area contributed by atoms with Crippen molar-refractivity contribution in [3.8, 4) is 23.3 Å². The van der Waals surface area contributed by atoms with Crippen molar-refractivity contribution < 1.29 is 13.2 Å². The van der Waals surface area contributed by atoms with Gasteiger partial charge >= 0.3 is 0 Å². The number of piperidine rings is 1. The van der Waals surface area contributed by atoms with E-state index in [4.69, 9.17) is 0 Å². The van der Waals surface area contributed by atoms with Crippen LogP contribution in [0.5, 0.6) is 0 Å². The second kappa shape index (κ2) is 10.4. The first kappa shape index (κ1) is 23.5. The van der Waals surface area contributed by atoms with Gasteiger partial charge in [0, 0.05) is 6.42 Å². The number of benzene rings is 2. The Bertz CT molecular complexity index is 1160. The van der Waals surface area contributed by atoms with Gasteiger partial charge in [0.25, 0.3) is 0 Å². The lowest BCUT2D eigenvalue weighted by Gasteiger charge is -2.23. The highest BCUT2D eigenvalue weighted by Crippen LogP contribution is 2.26. The van der Waals surface area contributed by atoms with Crippen molar-refractivity contribution in [2.45, 2.75) is 49.6 Å². The summed E-state index contributed by atoms with van der Waals surface area (Å²) in [4.78, 5) is 12.4. The van der Waals surface area contributed by atoms with E-state index in [2.05, 4.69) is 16.7 Å². The predicted molar refractivity (Wildman–Crippen MR) is 121 cm³/mol. The lowest BCUT2D eigenvalue weighted by atomic mass is 9.99. The van der Waals surface area contributed by atoms with Gasteiger partial charge in [-0.05, 0) is 48.2 Å². The average Bonchev–Trinajstić information content (AvgIpc) is 2.84. The Morgan fingerprint density at radius 1 is 1.16 bits per heavy atom. The monoisotopic (exact) mass is 450 g/mol. The van der Waals surface area contributed by atoms with Crippen LogP contribution in [-0.2, 0) is 21.1 Å². The van der Waals surface area contributed by atoms with Gasteiger partial charge in [0.15, 0.2) is 9.84 Å². The van der Waals surface area contributed by atoms with E-state index < -0.39 is 15.9 Å². The molecule has 2 aromatic rings. The van der Waals surface area contributed by atoms with E-state index in [1.165, 1.54) is 12.1 Å². The first-order valence-electron chi connectivity index (χ1n) is 10.7. The van der Waals surface area contributed by atoms with Gasteiger partial charge in [-0.1, -0.05) is 43.7 Å². The lowest BCUT2D eigenvalue weighted by Crippen LogP contribution is -2.49. The molecule has 32 heavy (non-hydrogen) atoms. The maximum absolute atomic E-state index is 12.4. The van der Waals surface area contributed by atoms with Gasteiger partial charge in [0.1, 0.15) is 12.1 Å². The molecule has 1 aliphatic rings. The van der Waals surface area contributed by atoms with Crippen LogP contribution in [0.3, 0.4) is 0 Å². The van der Waals surface area contributed by atoms with Crippen molar-refractivity contribution in [3.05, 3.63) is 53.6 Å². The molecule has 0 saturated carbocycles. The molecule has 8 heteroatoms. The fraction of sp³-hybridized carbons (Fsp3) is 0.375. The fourth-order valence-electron chi connectivity index (χ4n) is 3.75. The summed E-state index contributed by atoms with van der Waals surface area (Å²) in [5.41, 5.74) is 2.50. The number of sulfone groups is 1. The zero-order valence-electron chi connectivity index (χ0n) is 18.0. The molecule has 2 aromatic carbocycles. The van der Waals surface area contributed by atoms with Crippen LogP contribution in [0.15, 0.2) is 47.4 Å². The lowest BCUT2D eigenvalue weighted by molar-refractivity contribution is -0.124. The zero-order chi connectivity index (χ0) is 23.1. The van der Waals surface area contributed by atoms with Gasteiger partial charge < -0.3 is 10.6 Å². The molecule has 1 fully saturated rings. The van der Waals surface area contributed by atoms with Crippen LogP contribution in [0.1, 0.15) is 37.3 Å². The molecule has 1 saturated heterocycles. The van der Waals surface area contributed by atoms with Crippen LogP contribution in [0.25, 0.3) is 11.1 Å². The van der Waals surface area contributed by atoms with Gasteiger partial charge in [-0.2, -0.15) is 10.5 Å². The Balaban J connectivity index is 1.73. The molecule has 166 valence electrons. The summed E-state index contributed by atoms with van der Waals surface area (Å²) in [6, 6.07) is 15.4. The minimum absolute atomic E-state index is 0.0349. The topological polar surface area (TPSA) is 123 Å². The summed E-state index contributed by atoms with van der Waals surface area (Å²) in [5.74, 6) is -0.225. The number of hydrogen-bond donors (Lipinski definition) is 2. The van der Waals surface area contributed by atoms with Crippen molar-refractivity contribution in [2.24, 2.45) is 0 Å². The van der Waals surface area contributed by atoms with Crippen LogP contribution in [-0.4, -0.2) is 38.7 Å². The smallest absolute Gasteiger partial charge is 0.238 e. The predicted octanol–water partition coefficient (Wildman–Crippen LogP) is 2.71. The summed E-state index contributed by atoms with van der Waals surface area (Å²) in [6.07, 6.45) is 3.21. The number of carbonyl (C=O) groups excluding carboxylic acids is 1. The Hall–Kier alpha value is -3.20. The molecule has 7 nitrogen and oxygen atoms in total. The SMILES string of the molecule is CCS(=O)(=O)c1cc(-c2ccc(C[C@@H](C#N)NC(=O)[C@@H]3CCCCN3)cc2)ccc1C#N. The summed E-state index contributed by atoms with van der Waals surface area (Å²) in [5, 5.41) is 24.7. The largest absolute Gasteiger partial charge is 0.339 e. The van der Waals surface area contributed by atoms with Gasteiger partial charge in [0.2, 0.25) is 5.91 Å². The third kappa shape index (κ3) is 5.53. The van der Waals surface area contributed by atoms with Crippen LogP contribution >= 0.6 is 0 Å². The maximum Gasteiger partial charge on any atom is 0.238 e. The third-order valence-electron chi connectivity index (χ3n) is 5.64. The van der Waals surface area contributed by atoms with E-state index in [9.17, 15) is 23.7 Å². The van der Waals surface area contributed by atoms with Crippen molar-refractivity contribution in [1.82, 2.24) is 10.6 Å². The number of nitrogens with one attached hydrogen (secondary N) is 2. The molecule has 1 heterocycles. The fourth-order valence-corrected chi connectivity index (χ4v) is 4.82. The molecule has 0 spiro atoms. The van der Waals surface area contributed by atoms with Gasteiger partial charge in [-0.15, -0.1) is 0 Å². The summed E-state index contributed by atoms with van der Waals surface area (Å²) >= 11 is 0. The van der Waals surface area contributed by atoms with E-state index in [1.54, 1.807) is 13.0 Å². The van der Waals surface area contributed by atoms with E-state index in [0.29, 0.717) is 12.0 Å². The highest BCUT2D eigenvalue weighted by atomic mass is 32.2. The van der Waals surface area contributed by atoms with Crippen LogP contribution < -0.4 is 10.6 Å². The highest BCUT2D eigenvalue weighted by Gasteiger charge is 2.23. The number of amides is 1. The molecular weight excluding hydrogens is 424 g/mol. The summed E-state index contributed by atoms with van der Waals surface area (Å²) < 4.78 is 24.7. The van der Waals surface area contributed by atoms with E-state index in [0.717, 1.165) is 36.9 Å². The van der Waals surface area contributed by atoms with Crippen molar-refractivity contribution in [2.75, 3.05) is 12.3 Å². The molecule has 1 aliphatic heterocycles. The van der Waals surface area contributed by atoms with Crippen molar-refractivity contribution >= 4 is 15.7 Å². The van der Waals surface area contributed by atoms with Crippen LogP contribution in [0, 0.1) is 22.7 Å². The average molecular weight is 451 g/mol. The van der Waals surface area contributed by atoms with E-state index >= 15 is 0 Å². The first-order valence-corrected chi connectivity index (χ1v) is 12.3. The van der Waals surface area contributed by atoms with Crippen molar-refractivity contribution in [1.29, 1.82) is 10.5 Å². The molecule has 0 bridgehead atoms. The maximum atomic E-state index is 12.4. The summed E-state index contributed by atoms with van der Waals surface area (Å²) in [6.45, 7) is 2.36. The highest BCUT2D eigenvalue weighted by molar-refractivity contribution is 7.91. The molecule has 0 unspecified atom stereocenters. The Kier molecular flexibility index (Phi) is 7.63. The second-order valence-electron chi connectivity index (χ2n) is 7.82. The Morgan fingerprint density at radius 2 is 1.88 bits per heavy atom. The quantitative estimate of drug-likeness (QED) is 0.669. The molecule has 2 atom stereocenters. The number of hydrogen-bond acceptors (Lipinski definition) is 6. The van der Waals surface area contributed by atoms with E-state index in [1.807, 2.05) is 30.3 Å². The Morgan fingerprint density at radius 3 is 2.47 bits per heavy atom.